The Kier molecular flexibility index (Phi) is 23.2. The Balaban J connectivity index is 4.30. The van der Waals surface area contributed by atoms with Gasteiger partial charge in [0.1, 0.15) is 6.10 Å². The van der Waals surface area contributed by atoms with Crippen LogP contribution in [0.5, 0.6) is 0 Å². The highest BCUT2D eigenvalue weighted by Gasteiger charge is 2.21. The van der Waals surface area contributed by atoms with Gasteiger partial charge in [0.2, 0.25) is 0 Å². The Morgan fingerprint density at radius 1 is 0.718 bits per heavy atom. The number of nitrogens with zero attached hydrogens (tertiary/aromatic N) is 1. The molecule has 0 bridgehead atoms. The standard InChI is InChI=1S/C32H61NO6/c1-6-7-8-9-10-11-16-23-30(36)38-27-32(2,3)25-18-17-21-28(20-14-12-13-15-22-29(34)35)39-31(37)24-19-26-33(4)5/h28H,6-27H2,1-5H3,(H,34,35). The lowest BCUT2D eigenvalue weighted by atomic mass is 9.87. The molecule has 0 aliphatic rings. The Bertz CT molecular complexity index is 634. The van der Waals surface area contributed by atoms with E-state index in [4.69, 9.17) is 14.6 Å². The third-order valence-electron chi connectivity index (χ3n) is 7.19. The molecule has 7 nitrogen and oxygen atoms in total. The molecule has 0 aliphatic heterocycles. The smallest absolute Gasteiger partial charge is 0.306 e. The van der Waals surface area contributed by atoms with Crippen LogP contribution in [0, 0.1) is 5.41 Å². The molecule has 1 unspecified atom stereocenters. The number of ether oxygens (including phenoxy) is 2. The van der Waals surface area contributed by atoms with Crippen molar-refractivity contribution in [2.45, 2.75) is 155 Å². The van der Waals surface area contributed by atoms with Crippen molar-refractivity contribution in [1.29, 1.82) is 0 Å². The van der Waals surface area contributed by atoms with E-state index in [1.807, 2.05) is 14.1 Å². The zero-order valence-corrected chi connectivity index (χ0v) is 26.1. The highest BCUT2D eigenvalue weighted by atomic mass is 16.5. The van der Waals surface area contributed by atoms with Gasteiger partial charge >= 0.3 is 17.9 Å². The molecule has 7 heteroatoms. The van der Waals surface area contributed by atoms with E-state index in [1.165, 1.54) is 32.1 Å². The predicted octanol–water partition coefficient (Wildman–Crippen LogP) is 7.94. The highest BCUT2D eigenvalue weighted by Crippen LogP contribution is 2.26. The minimum absolute atomic E-state index is 0.0711. The van der Waals surface area contributed by atoms with Crippen LogP contribution in [-0.2, 0) is 23.9 Å². The summed E-state index contributed by atoms with van der Waals surface area (Å²) in [6.07, 6.45) is 18.3. The molecule has 0 saturated carbocycles. The van der Waals surface area contributed by atoms with Crippen molar-refractivity contribution >= 4 is 17.9 Å². The van der Waals surface area contributed by atoms with E-state index in [0.29, 0.717) is 25.9 Å². The van der Waals surface area contributed by atoms with Crippen LogP contribution < -0.4 is 0 Å². The van der Waals surface area contributed by atoms with Crippen molar-refractivity contribution in [1.82, 2.24) is 4.90 Å². The highest BCUT2D eigenvalue weighted by molar-refractivity contribution is 5.69. The van der Waals surface area contributed by atoms with E-state index in [1.54, 1.807) is 0 Å². The van der Waals surface area contributed by atoms with Gasteiger partial charge in [0.25, 0.3) is 0 Å². The quantitative estimate of drug-likeness (QED) is 0.0812. The van der Waals surface area contributed by atoms with E-state index in [0.717, 1.165) is 77.2 Å². The summed E-state index contributed by atoms with van der Waals surface area (Å²) >= 11 is 0. The Hall–Kier alpha value is -1.63. The monoisotopic (exact) mass is 555 g/mol. The van der Waals surface area contributed by atoms with Crippen LogP contribution in [0.15, 0.2) is 0 Å². The van der Waals surface area contributed by atoms with Crippen LogP contribution in [0.25, 0.3) is 0 Å². The summed E-state index contributed by atoms with van der Waals surface area (Å²) < 4.78 is 11.4. The van der Waals surface area contributed by atoms with Crippen LogP contribution in [0.1, 0.15) is 149 Å². The predicted molar refractivity (Wildman–Crippen MR) is 159 cm³/mol. The fourth-order valence-corrected chi connectivity index (χ4v) is 4.67. The summed E-state index contributed by atoms with van der Waals surface area (Å²) in [6, 6.07) is 0. The summed E-state index contributed by atoms with van der Waals surface area (Å²) in [5.41, 5.74) is -0.0711. The van der Waals surface area contributed by atoms with Gasteiger partial charge in [-0.2, -0.15) is 0 Å². The summed E-state index contributed by atoms with van der Waals surface area (Å²) in [4.78, 5) is 37.3. The molecule has 230 valence electrons. The number of hydrogen-bond donors (Lipinski definition) is 1. The topological polar surface area (TPSA) is 93.1 Å². The van der Waals surface area contributed by atoms with E-state index in [9.17, 15) is 14.4 Å². The number of aliphatic carboxylic acids is 1. The Labute approximate surface area is 239 Å². The minimum atomic E-state index is -0.745. The van der Waals surface area contributed by atoms with Crippen LogP contribution in [0.4, 0.5) is 0 Å². The van der Waals surface area contributed by atoms with Crippen molar-refractivity contribution in [2.24, 2.45) is 5.41 Å². The van der Waals surface area contributed by atoms with Crippen molar-refractivity contribution in [3.05, 3.63) is 0 Å². The lowest BCUT2D eigenvalue weighted by Crippen LogP contribution is -2.22. The van der Waals surface area contributed by atoms with Gasteiger partial charge in [-0.05, 0) is 77.4 Å². The van der Waals surface area contributed by atoms with E-state index < -0.39 is 5.97 Å². The maximum Gasteiger partial charge on any atom is 0.306 e. The fourth-order valence-electron chi connectivity index (χ4n) is 4.67. The van der Waals surface area contributed by atoms with Crippen LogP contribution >= 0.6 is 0 Å². The molecule has 0 aromatic carbocycles. The number of carbonyl (C=O) groups excluding carboxylic acids is 2. The molecular formula is C32H61NO6. The first-order valence-corrected chi connectivity index (χ1v) is 15.8. The number of carbonyl (C=O) groups is 3. The molecular weight excluding hydrogens is 494 g/mol. The van der Waals surface area contributed by atoms with Crippen molar-refractivity contribution < 1.29 is 29.0 Å². The first-order chi connectivity index (χ1) is 18.6. The van der Waals surface area contributed by atoms with Gasteiger partial charge < -0.3 is 19.5 Å². The zero-order valence-electron chi connectivity index (χ0n) is 26.1. The van der Waals surface area contributed by atoms with Crippen LogP contribution in [-0.4, -0.2) is 61.3 Å². The van der Waals surface area contributed by atoms with Crippen molar-refractivity contribution in [3.63, 3.8) is 0 Å². The molecule has 0 spiro atoms. The molecule has 1 N–H and O–H groups in total. The Morgan fingerprint density at radius 2 is 1.26 bits per heavy atom. The molecule has 0 rings (SSSR count). The molecule has 0 radical (unpaired) electrons. The summed E-state index contributed by atoms with van der Waals surface area (Å²) in [7, 11) is 3.99. The SMILES string of the molecule is CCCCCCCCCC(=O)OCC(C)(C)CCCCC(CCCCCCC(=O)O)OC(=O)CCCN(C)C. The third kappa shape index (κ3) is 26.4. The largest absolute Gasteiger partial charge is 0.481 e. The number of esters is 2. The number of unbranched alkanes of at least 4 members (excludes halogenated alkanes) is 10. The van der Waals surface area contributed by atoms with Crippen molar-refractivity contribution in [2.75, 3.05) is 27.2 Å². The summed E-state index contributed by atoms with van der Waals surface area (Å²) in [5.74, 6) is -0.951. The minimum Gasteiger partial charge on any atom is -0.481 e. The lowest BCUT2D eigenvalue weighted by molar-refractivity contribution is -0.150. The lowest BCUT2D eigenvalue weighted by Gasteiger charge is -2.25. The van der Waals surface area contributed by atoms with Crippen molar-refractivity contribution in [3.8, 4) is 0 Å². The van der Waals surface area contributed by atoms with E-state index >= 15 is 0 Å². The van der Waals surface area contributed by atoms with Gasteiger partial charge in [-0.3, -0.25) is 14.4 Å². The molecule has 1 atom stereocenters. The Morgan fingerprint density at radius 3 is 1.87 bits per heavy atom. The second-order valence-corrected chi connectivity index (χ2v) is 12.3. The molecule has 0 amide bonds. The summed E-state index contributed by atoms with van der Waals surface area (Å²) in [6.45, 7) is 7.82. The maximum absolute atomic E-state index is 12.4. The molecule has 39 heavy (non-hydrogen) atoms. The van der Waals surface area contributed by atoms with Gasteiger partial charge in [0.05, 0.1) is 6.61 Å². The van der Waals surface area contributed by atoms with E-state index in [2.05, 4.69) is 25.7 Å². The van der Waals surface area contributed by atoms with Gasteiger partial charge in [0.15, 0.2) is 0 Å². The molecule has 0 fully saturated rings. The number of hydrogen-bond acceptors (Lipinski definition) is 6. The number of carboxylic acids is 1. The first kappa shape index (κ1) is 37.4. The zero-order chi connectivity index (χ0) is 29.4. The summed E-state index contributed by atoms with van der Waals surface area (Å²) in [5, 5.41) is 8.79. The fraction of sp³-hybridized carbons (Fsp3) is 0.906. The number of carboxylic acid groups (broad SMARTS) is 1. The van der Waals surface area contributed by atoms with Gasteiger partial charge in [-0.15, -0.1) is 0 Å². The normalized spacial score (nSPS) is 12.5. The molecule has 0 aromatic heterocycles. The average molecular weight is 556 g/mol. The third-order valence-corrected chi connectivity index (χ3v) is 7.19. The average Bonchev–Trinajstić information content (AvgIpc) is 2.86. The molecule has 0 heterocycles. The van der Waals surface area contributed by atoms with Gasteiger partial charge in [-0.1, -0.05) is 78.6 Å². The molecule has 0 aliphatic carbocycles. The van der Waals surface area contributed by atoms with Gasteiger partial charge in [-0.25, -0.2) is 0 Å². The van der Waals surface area contributed by atoms with Gasteiger partial charge in [0, 0.05) is 19.3 Å². The first-order valence-electron chi connectivity index (χ1n) is 15.8. The van der Waals surface area contributed by atoms with E-state index in [-0.39, 0.29) is 29.9 Å². The van der Waals surface area contributed by atoms with Crippen LogP contribution in [0.3, 0.4) is 0 Å². The van der Waals surface area contributed by atoms with Crippen LogP contribution in [0.2, 0.25) is 0 Å². The number of rotatable bonds is 27. The molecule has 0 saturated heterocycles. The second kappa shape index (κ2) is 24.2. The second-order valence-electron chi connectivity index (χ2n) is 12.3. The maximum atomic E-state index is 12.4. The molecule has 0 aromatic rings.